The molecule has 9 fully saturated rings. The molecular weight excluding hydrogens is 1030 g/mol. The Morgan fingerprint density at radius 3 is 1.44 bits per heavy atom. The predicted octanol–water partition coefficient (Wildman–Crippen LogP) is 17.6. The molecule has 13 aliphatic carbocycles. The number of aromatic nitrogens is 2. The van der Waals surface area contributed by atoms with Crippen LogP contribution < -0.4 is 4.90 Å². The standard InChI is InChI=1S/C54H74N2O2.C12H18.C10H14N2O2/c1-8-12-36-26-34(20-18-32-24-30(3)38-14-10-16-40(32)38)42-28-44-49(55-57-50(44)47(36)42)46-22-23-54(7,53(46,5)6)52-45-29-43-35(27-37(13-9-2)48(43)51(45)58-56-52)21-19-33-25-31(4)39-15-11-17-41(33)39;1-3-5-10-8-9(2)11-6-4-7-12(10)11;1-9(2)6-4-5-10(9,3)8-7(6)11-14-12(8)13/h8-15,18-21,30-48,50-51H,16-17,22-29H2,1-7H3;3-6,9-12H,7-8H2,1-2H3;6H,4-5H2,1-3H3/b12-8+,13-9+,20-18+,21-19+;5-3+;. The van der Waals surface area contributed by atoms with Crippen molar-refractivity contribution in [2.75, 3.05) is 0 Å². The van der Waals surface area contributed by atoms with Crippen LogP contribution >= 0.6 is 0 Å². The van der Waals surface area contributed by atoms with Crippen molar-refractivity contribution in [1.82, 2.24) is 5.16 Å². The first-order valence-corrected chi connectivity index (χ1v) is 34.7. The van der Waals surface area contributed by atoms with Crippen molar-refractivity contribution in [3.63, 3.8) is 0 Å². The Balaban J connectivity index is 0.000000196. The van der Waals surface area contributed by atoms with Gasteiger partial charge in [0.05, 0.1) is 11.4 Å². The SMILES string of the molecule is C/C=C/C1CC(/C=C/C2CC(C)C3C=CCC23)C2CC3C(C4CCC(C)(C5=NOC6C5CC5C(/C=C/C7CC(C)C8C=CCC78)CC(/C=C/C)C56)C4(C)C)=NOC3C12.C/C=C/C1CC(C)C2C=CCC12.CC12CCC(c3no[n+]([O-])c31)C2(C)C. The third kappa shape index (κ3) is 8.69. The van der Waals surface area contributed by atoms with Crippen LogP contribution in [0.1, 0.15) is 190 Å². The van der Waals surface area contributed by atoms with Crippen LogP contribution in [0, 0.1) is 158 Å². The van der Waals surface area contributed by atoms with Crippen LogP contribution in [0.25, 0.3) is 0 Å². The van der Waals surface area contributed by atoms with Crippen molar-refractivity contribution in [2.45, 2.75) is 197 Å². The van der Waals surface area contributed by atoms with Gasteiger partial charge < -0.3 is 14.9 Å². The summed E-state index contributed by atoms with van der Waals surface area (Å²) in [6.45, 7) is 28.2. The minimum absolute atomic E-state index is 0.0131. The van der Waals surface area contributed by atoms with Crippen LogP contribution in [-0.2, 0) is 15.1 Å². The minimum Gasteiger partial charge on any atom is -0.391 e. The first kappa shape index (κ1) is 57.5. The minimum atomic E-state index is -0.0469. The molecule has 28 unspecified atom stereocenters. The lowest BCUT2D eigenvalue weighted by atomic mass is 9.59. The van der Waals surface area contributed by atoms with E-state index in [0.717, 1.165) is 102 Å². The molecule has 28 atom stereocenters. The maximum absolute atomic E-state index is 11.5. The molecule has 0 spiro atoms. The predicted molar refractivity (Wildman–Crippen MR) is 338 cm³/mol. The van der Waals surface area contributed by atoms with Gasteiger partial charge in [-0.2, -0.15) is 0 Å². The van der Waals surface area contributed by atoms with Crippen LogP contribution in [0.2, 0.25) is 0 Å². The van der Waals surface area contributed by atoms with E-state index in [1.807, 2.05) is 0 Å². The Morgan fingerprint density at radius 2 is 0.929 bits per heavy atom. The molecule has 0 radical (unpaired) electrons. The van der Waals surface area contributed by atoms with E-state index in [1.165, 1.54) is 82.1 Å². The molecule has 0 aromatic carbocycles. The molecule has 2 aliphatic heterocycles. The van der Waals surface area contributed by atoms with E-state index >= 15 is 0 Å². The average molecular weight is 1140 g/mol. The summed E-state index contributed by atoms with van der Waals surface area (Å²) >= 11 is 0. The van der Waals surface area contributed by atoms with Gasteiger partial charge in [0.25, 0.3) is 0 Å². The number of nitrogens with zero attached hydrogens (tertiary/aromatic N) is 4. The number of rotatable bonds is 9. The van der Waals surface area contributed by atoms with Gasteiger partial charge in [0.1, 0.15) is 12.2 Å². The quantitative estimate of drug-likeness (QED) is 0.181. The first-order chi connectivity index (χ1) is 40.4. The first-order valence-electron chi connectivity index (χ1n) is 34.7. The second kappa shape index (κ2) is 21.5. The third-order valence-corrected chi connectivity index (χ3v) is 28.8. The van der Waals surface area contributed by atoms with E-state index in [1.54, 1.807) is 0 Å². The summed E-state index contributed by atoms with van der Waals surface area (Å²) in [4.78, 5) is 14.0. The Kier molecular flexibility index (Phi) is 14.8. The van der Waals surface area contributed by atoms with Crippen molar-refractivity contribution in [3.8, 4) is 0 Å². The summed E-state index contributed by atoms with van der Waals surface area (Å²) in [5.41, 5.74) is 4.58. The summed E-state index contributed by atoms with van der Waals surface area (Å²) in [6.07, 6.45) is 57.9. The Labute approximate surface area is 506 Å². The average Bonchev–Trinajstić information content (AvgIpc) is 1.97. The van der Waals surface area contributed by atoms with Gasteiger partial charge in [-0.25, -0.2) is 0 Å². The van der Waals surface area contributed by atoms with Gasteiger partial charge >= 0.3 is 0 Å². The van der Waals surface area contributed by atoms with Crippen LogP contribution in [0.5, 0.6) is 0 Å². The van der Waals surface area contributed by atoms with Gasteiger partial charge in [-0.1, -0.05) is 170 Å². The van der Waals surface area contributed by atoms with Gasteiger partial charge in [-0.05, 0) is 233 Å². The van der Waals surface area contributed by atoms with Crippen LogP contribution in [-0.4, -0.2) is 28.8 Å². The molecule has 9 saturated carbocycles. The van der Waals surface area contributed by atoms with Crippen LogP contribution in [0.3, 0.4) is 0 Å². The highest BCUT2D eigenvalue weighted by Crippen LogP contribution is 2.68. The van der Waals surface area contributed by atoms with Crippen molar-refractivity contribution in [3.05, 3.63) is 114 Å². The van der Waals surface area contributed by atoms with Gasteiger partial charge in [-0.3, -0.25) is 4.63 Å². The fraction of sp³-hybridized carbons (Fsp3) is 0.737. The zero-order chi connectivity index (χ0) is 58.4. The van der Waals surface area contributed by atoms with Crippen molar-refractivity contribution in [1.29, 1.82) is 0 Å². The molecule has 16 rings (SSSR count). The van der Waals surface area contributed by atoms with Crippen molar-refractivity contribution in [2.24, 2.45) is 163 Å². The molecule has 8 heteroatoms. The van der Waals surface area contributed by atoms with Crippen molar-refractivity contribution >= 4 is 11.4 Å². The normalized spacial score (nSPS) is 50.2. The molecule has 3 heterocycles. The van der Waals surface area contributed by atoms with E-state index in [2.05, 4.69) is 190 Å². The second-order valence-electron chi connectivity index (χ2n) is 32.6. The molecule has 454 valence electrons. The van der Waals surface area contributed by atoms with Gasteiger partial charge in [0.2, 0.25) is 11.4 Å². The summed E-state index contributed by atoms with van der Waals surface area (Å²) in [7, 11) is 0. The molecule has 1 aromatic rings. The van der Waals surface area contributed by atoms with E-state index in [4.69, 9.17) is 20.0 Å². The summed E-state index contributed by atoms with van der Waals surface area (Å²) < 4.78 is 4.69. The highest BCUT2D eigenvalue weighted by molar-refractivity contribution is 5.98. The fourth-order valence-corrected chi connectivity index (χ4v) is 23.8. The monoisotopic (exact) mass is 1140 g/mol. The van der Waals surface area contributed by atoms with E-state index < -0.39 is 0 Å². The van der Waals surface area contributed by atoms with Crippen LogP contribution in [0.4, 0.5) is 0 Å². The van der Waals surface area contributed by atoms with Crippen molar-refractivity contribution < 1.29 is 19.2 Å². The fourth-order valence-electron chi connectivity index (χ4n) is 23.8. The van der Waals surface area contributed by atoms with Crippen LogP contribution in [0.15, 0.2) is 112 Å². The molecule has 0 N–H and O–H groups in total. The third-order valence-electron chi connectivity index (χ3n) is 28.8. The lowest BCUT2D eigenvalue weighted by molar-refractivity contribution is -0.810. The molecular formula is C76H106N4O4. The molecule has 8 nitrogen and oxygen atoms in total. The molecule has 1 aromatic heterocycles. The summed E-state index contributed by atoms with van der Waals surface area (Å²) in [6, 6.07) is 0. The molecule has 2 bridgehead atoms. The topological polar surface area (TPSA) is 96.2 Å². The highest BCUT2D eigenvalue weighted by Gasteiger charge is 2.68. The summed E-state index contributed by atoms with van der Waals surface area (Å²) in [5.74, 6) is 16.7. The Hall–Kier alpha value is -4.20. The lowest BCUT2D eigenvalue weighted by Crippen LogP contribution is -2.46. The van der Waals surface area contributed by atoms with E-state index in [0.29, 0.717) is 75.9 Å². The number of allylic oxidation sites excluding steroid dienone is 16. The number of hydrogen-bond acceptors (Lipinski definition) is 7. The zero-order valence-corrected chi connectivity index (χ0v) is 53.6. The number of fused-ring (bicyclic) bond motifs is 14. The Bertz CT molecular complexity index is 2970. The molecule has 0 saturated heterocycles. The van der Waals surface area contributed by atoms with E-state index in [9.17, 15) is 5.21 Å². The largest absolute Gasteiger partial charge is 0.391 e. The Morgan fingerprint density at radius 1 is 0.500 bits per heavy atom. The second-order valence-corrected chi connectivity index (χ2v) is 32.6. The van der Waals surface area contributed by atoms with Gasteiger partial charge in [0.15, 0.2) is 0 Å². The summed E-state index contributed by atoms with van der Waals surface area (Å²) in [5, 5.41) is 25.7. The molecule has 84 heavy (non-hydrogen) atoms. The smallest absolute Gasteiger partial charge is 0.225 e. The molecule has 15 aliphatic rings. The molecule has 0 amide bonds. The number of hydrogen-bond donors (Lipinski definition) is 0. The maximum Gasteiger partial charge on any atom is 0.225 e. The number of oxime groups is 2. The highest BCUT2D eigenvalue weighted by atomic mass is 16.8. The van der Waals surface area contributed by atoms with Gasteiger partial charge in [0, 0.05) is 51.5 Å². The lowest BCUT2D eigenvalue weighted by Gasteiger charge is -2.43. The maximum atomic E-state index is 11.5. The van der Waals surface area contributed by atoms with Gasteiger partial charge in [-0.15, -0.1) is 0 Å². The zero-order valence-electron chi connectivity index (χ0n) is 53.6. The van der Waals surface area contributed by atoms with E-state index in [-0.39, 0.29) is 33.9 Å².